The Balaban J connectivity index is 1.70. The summed E-state index contributed by atoms with van der Waals surface area (Å²) in [5.41, 5.74) is 6.33. The molecule has 2 N–H and O–H groups in total. The zero-order chi connectivity index (χ0) is 20.2. The lowest BCUT2D eigenvalue weighted by atomic mass is 9.74. The van der Waals surface area contributed by atoms with Gasteiger partial charge in [-0.15, -0.1) is 0 Å². The maximum absolute atomic E-state index is 12.8. The van der Waals surface area contributed by atoms with Crippen LogP contribution in [-0.2, 0) is 0 Å². The normalized spacial score (nSPS) is 28.7. The van der Waals surface area contributed by atoms with Crippen molar-refractivity contribution in [2.75, 3.05) is 20.6 Å². The fraction of sp³-hybridized carbons (Fsp3) is 0.957. The minimum absolute atomic E-state index is 0.197. The third-order valence-corrected chi connectivity index (χ3v) is 7.05. The zero-order valence-electron chi connectivity index (χ0n) is 18.8. The molecule has 0 unspecified atom stereocenters. The molecular formula is C23H45N3O. The van der Waals surface area contributed by atoms with E-state index in [2.05, 4.69) is 27.7 Å². The van der Waals surface area contributed by atoms with Gasteiger partial charge >= 0.3 is 6.03 Å². The lowest BCUT2D eigenvalue weighted by Gasteiger charge is -2.43. The molecule has 0 radical (unpaired) electrons. The van der Waals surface area contributed by atoms with Gasteiger partial charge in [-0.3, -0.25) is 0 Å². The molecule has 0 aliphatic heterocycles. The number of hydrogen-bond acceptors (Lipinski definition) is 2. The summed E-state index contributed by atoms with van der Waals surface area (Å²) in [5, 5.41) is 0. The summed E-state index contributed by atoms with van der Waals surface area (Å²) in [6.07, 6.45) is 10.9. The SMILES string of the molecule is CC(C)CC1CC(N(C)C(=O)N(C)CCC(C)(C)CC2CCC(N)CC2)C1. The molecule has 0 heterocycles. The van der Waals surface area contributed by atoms with Crippen molar-refractivity contribution >= 4 is 6.03 Å². The number of nitrogens with two attached hydrogens (primary N) is 1. The molecule has 4 heteroatoms. The number of urea groups is 1. The molecule has 0 spiro atoms. The van der Waals surface area contributed by atoms with E-state index in [0.29, 0.717) is 12.1 Å². The van der Waals surface area contributed by atoms with Crippen LogP contribution in [0, 0.1) is 23.2 Å². The van der Waals surface area contributed by atoms with Crippen LogP contribution in [0.1, 0.15) is 85.5 Å². The molecule has 0 aromatic carbocycles. The largest absolute Gasteiger partial charge is 0.328 e. The fourth-order valence-electron chi connectivity index (χ4n) is 5.14. The summed E-state index contributed by atoms with van der Waals surface area (Å²) in [5.74, 6) is 2.40. The van der Waals surface area contributed by atoms with E-state index >= 15 is 0 Å². The molecule has 2 fully saturated rings. The van der Waals surface area contributed by atoms with Gasteiger partial charge in [0.2, 0.25) is 0 Å². The van der Waals surface area contributed by atoms with Crippen LogP contribution < -0.4 is 5.73 Å². The minimum atomic E-state index is 0.197. The van der Waals surface area contributed by atoms with Crippen molar-refractivity contribution in [2.45, 2.75) is 97.6 Å². The summed E-state index contributed by atoms with van der Waals surface area (Å²) in [4.78, 5) is 16.7. The predicted octanol–water partition coefficient (Wildman–Crippen LogP) is 5.12. The predicted molar refractivity (Wildman–Crippen MR) is 115 cm³/mol. The van der Waals surface area contributed by atoms with Crippen molar-refractivity contribution in [3.63, 3.8) is 0 Å². The first-order chi connectivity index (χ1) is 12.6. The van der Waals surface area contributed by atoms with E-state index in [-0.39, 0.29) is 11.4 Å². The van der Waals surface area contributed by atoms with Crippen molar-refractivity contribution in [1.29, 1.82) is 0 Å². The lowest BCUT2D eigenvalue weighted by molar-refractivity contribution is 0.0857. The molecule has 0 bridgehead atoms. The third kappa shape index (κ3) is 6.96. The van der Waals surface area contributed by atoms with Crippen LogP contribution >= 0.6 is 0 Å². The van der Waals surface area contributed by atoms with Gasteiger partial charge in [0.1, 0.15) is 0 Å². The second-order valence-corrected chi connectivity index (χ2v) is 10.8. The van der Waals surface area contributed by atoms with Gasteiger partial charge in [-0.25, -0.2) is 4.79 Å². The van der Waals surface area contributed by atoms with Gasteiger partial charge in [0.15, 0.2) is 0 Å². The fourth-order valence-corrected chi connectivity index (χ4v) is 5.14. The standard InChI is InChI=1S/C23H45N3O/c1-17(2)13-19-14-21(15-19)26(6)22(27)25(5)12-11-23(3,4)16-18-7-9-20(24)10-8-18/h17-21H,7-16,24H2,1-6H3. The van der Waals surface area contributed by atoms with Crippen LogP contribution in [0.15, 0.2) is 0 Å². The third-order valence-electron chi connectivity index (χ3n) is 7.05. The number of nitrogens with zero attached hydrogens (tertiary/aromatic N) is 2. The minimum Gasteiger partial charge on any atom is -0.328 e. The van der Waals surface area contributed by atoms with E-state index in [9.17, 15) is 4.79 Å². The first-order valence-corrected chi connectivity index (χ1v) is 11.3. The topological polar surface area (TPSA) is 49.6 Å². The Morgan fingerprint density at radius 1 is 1.07 bits per heavy atom. The van der Waals surface area contributed by atoms with Crippen LogP contribution in [0.5, 0.6) is 0 Å². The molecule has 2 amide bonds. The highest BCUT2D eigenvalue weighted by atomic mass is 16.2. The summed E-state index contributed by atoms with van der Waals surface area (Å²) in [6, 6.07) is 1.07. The van der Waals surface area contributed by atoms with Gasteiger partial charge in [0.25, 0.3) is 0 Å². The van der Waals surface area contributed by atoms with Gasteiger partial charge in [0.05, 0.1) is 0 Å². The van der Waals surface area contributed by atoms with Crippen molar-refractivity contribution < 1.29 is 4.79 Å². The highest BCUT2D eigenvalue weighted by Gasteiger charge is 2.35. The summed E-state index contributed by atoms with van der Waals surface area (Å²) >= 11 is 0. The van der Waals surface area contributed by atoms with Crippen LogP contribution in [0.3, 0.4) is 0 Å². The maximum Gasteiger partial charge on any atom is 0.319 e. The molecule has 2 rings (SSSR count). The average Bonchev–Trinajstić information content (AvgIpc) is 2.56. The smallest absolute Gasteiger partial charge is 0.319 e. The second kappa shape index (κ2) is 9.62. The van der Waals surface area contributed by atoms with Crippen LogP contribution in [0.25, 0.3) is 0 Å². The first-order valence-electron chi connectivity index (χ1n) is 11.3. The molecule has 0 aromatic heterocycles. The Hall–Kier alpha value is -0.770. The van der Waals surface area contributed by atoms with Crippen molar-refractivity contribution in [2.24, 2.45) is 28.9 Å². The molecule has 2 saturated carbocycles. The monoisotopic (exact) mass is 379 g/mol. The summed E-state index contributed by atoms with van der Waals surface area (Å²) in [7, 11) is 3.96. The number of carbonyl (C=O) groups is 1. The Morgan fingerprint density at radius 3 is 2.22 bits per heavy atom. The first kappa shape index (κ1) is 22.5. The molecule has 2 aliphatic carbocycles. The molecule has 2 aliphatic rings. The number of hydrogen-bond donors (Lipinski definition) is 1. The second-order valence-electron chi connectivity index (χ2n) is 10.8. The molecule has 0 saturated heterocycles. The Bertz CT molecular complexity index is 462. The Kier molecular flexibility index (Phi) is 8.03. The number of rotatable bonds is 8. The average molecular weight is 380 g/mol. The molecule has 0 atom stereocenters. The molecule has 0 aromatic rings. The van der Waals surface area contributed by atoms with E-state index < -0.39 is 0 Å². The van der Waals surface area contributed by atoms with Crippen molar-refractivity contribution in [1.82, 2.24) is 9.80 Å². The molecule has 27 heavy (non-hydrogen) atoms. The van der Waals surface area contributed by atoms with Crippen molar-refractivity contribution in [3.05, 3.63) is 0 Å². The van der Waals surface area contributed by atoms with Gasteiger partial charge in [0, 0.05) is 32.7 Å². The quantitative estimate of drug-likeness (QED) is 0.636. The summed E-state index contributed by atoms with van der Waals surface area (Å²) < 4.78 is 0. The van der Waals surface area contributed by atoms with E-state index in [0.717, 1.165) is 30.7 Å². The molecular weight excluding hydrogens is 334 g/mol. The lowest BCUT2D eigenvalue weighted by Crippen LogP contribution is -2.50. The van der Waals surface area contributed by atoms with E-state index in [1.54, 1.807) is 0 Å². The Morgan fingerprint density at radius 2 is 1.67 bits per heavy atom. The zero-order valence-corrected chi connectivity index (χ0v) is 18.8. The van der Waals surface area contributed by atoms with Crippen LogP contribution in [0.4, 0.5) is 4.79 Å². The Labute approximate surface area is 168 Å². The number of carbonyl (C=O) groups excluding carboxylic acids is 1. The van der Waals surface area contributed by atoms with Gasteiger partial charge in [-0.1, -0.05) is 27.7 Å². The number of amides is 2. The summed E-state index contributed by atoms with van der Waals surface area (Å²) in [6.45, 7) is 10.2. The van der Waals surface area contributed by atoms with Crippen LogP contribution in [-0.4, -0.2) is 48.6 Å². The van der Waals surface area contributed by atoms with Gasteiger partial charge in [-0.05, 0) is 81.0 Å². The highest BCUT2D eigenvalue weighted by Crippen LogP contribution is 2.37. The highest BCUT2D eigenvalue weighted by molar-refractivity contribution is 5.74. The van der Waals surface area contributed by atoms with Gasteiger partial charge in [-0.2, -0.15) is 0 Å². The molecule has 4 nitrogen and oxygen atoms in total. The van der Waals surface area contributed by atoms with Crippen molar-refractivity contribution in [3.8, 4) is 0 Å². The maximum atomic E-state index is 12.8. The van der Waals surface area contributed by atoms with Gasteiger partial charge < -0.3 is 15.5 Å². The van der Waals surface area contributed by atoms with E-state index in [1.165, 1.54) is 51.4 Å². The van der Waals surface area contributed by atoms with E-state index in [1.807, 2.05) is 23.9 Å². The molecule has 158 valence electrons. The van der Waals surface area contributed by atoms with E-state index in [4.69, 9.17) is 5.73 Å². The van der Waals surface area contributed by atoms with Crippen LogP contribution in [0.2, 0.25) is 0 Å².